The van der Waals surface area contributed by atoms with Gasteiger partial charge >= 0.3 is 0 Å². The van der Waals surface area contributed by atoms with Gasteiger partial charge < -0.3 is 4.74 Å². The first kappa shape index (κ1) is 8.41. The highest BCUT2D eigenvalue weighted by Gasteiger charge is 2.23. The van der Waals surface area contributed by atoms with Crippen LogP contribution in [0.2, 0.25) is 0 Å². The summed E-state index contributed by atoms with van der Waals surface area (Å²) in [6.45, 7) is 0. The van der Waals surface area contributed by atoms with E-state index in [9.17, 15) is 0 Å². The van der Waals surface area contributed by atoms with Crippen molar-refractivity contribution in [1.29, 1.82) is 0 Å². The SMILES string of the molecule is COc1cncc2c1-c1ncccc1C2. The maximum absolute atomic E-state index is 5.31. The highest BCUT2D eigenvalue weighted by Crippen LogP contribution is 2.39. The number of hydrogen-bond donors (Lipinski definition) is 0. The molecule has 0 aromatic carbocycles. The van der Waals surface area contributed by atoms with E-state index < -0.39 is 0 Å². The van der Waals surface area contributed by atoms with Crippen molar-refractivity contribution in [3.63, 3.8) is 0 Å². The van der Waals surface area contributed by atoms with E-state index >= 15 is 0 Å². The first-order valence-corrected chi connectivity index (χ1v) is 4.85. The molecule has 0 saturated carbocycles. The van der Waals surface area contributed by atoms with Crippen LogP contribution in [0, 0.1) is 0 Å². The highest BCUT2D eigenvalue weighted by molar-refractivity contribution is 5.78. The average Bonchev–Trinajstić information content (AvgIpc) is 2.67. The summed E-state index contributed by atoms with van der Waals surface area (Å²) in [4.78, 5) is 8.56. The van der Waals surface area contributed by atoms with Crippen molar-refractivity contribution in [2.24, 2.45) is 0 Å². The van der Waals surface area contributed by atoms with Gasteiger partial charge in [0.25, 0.3) is 0 Å². The molecule has 0 fully saturated rings. The topological polar surface area (TPSA) is 35.0 Å². The second kappa shape index (κ2) is 3.05. The van der Waals surface area contributed by atoms with E-state index in [4.69, 9.17) is 4.74 Å². The second-order valence-corrected chi connectivity index (χ2v) is 3.56. The van der Waals surface area contributed by atoms with Gasteiger partial charge in [-0.15, -0.1) is 0 Å². The number of rotatable bonds is 1. The Bertz CT molecular complexity index is 523. The number of fused-ring (bicyclic) bond motifs is 3. The van der Waals surface area contributed by atoms with E-state index in [0.717, 1.165) is 23.4 Å². The third-order valence-corrected chi connectivity index (χ3v) is 2.72. The lowest BCUT2D eigenvalue weighted by molar-refractivity contribution is 0.414. The summed E-state index contributed by atoms with van der Waals surface area (Å²) in [6.07, 6.45) is 6.35. The molecule has 0 radical (unpaired) electrons. The Morgan fingerprint density at radius 2 is 2.20 bits per heavy atom. The van der Waals surface area contributed by atoms with Gasteiger partial charge in [-0.05, 0) is 17.2 Å². The summed E-state index contributed by atoms with van der Waals surface area (Å²) < 4.78 is 5.31. The molecule has 15 heavy (non-hydrogen) atoms. The summed E-state index contributed by atoms with van der Waals surface area (Å²) in [7, 11) is 1.66. The molecule has 0 atom stereocenters. The summed E-state index contributed by atoms with van der Waals surface area (Å²) in [6, 6.07) is 4.06. The Hall–Kier alpha value is -1.90. The fourth-order valence-electron chi connectivity index (χ4n) is 2.05. The van der Waals surface area contributed by atoms with Crippen molar-refractivity contribution in [2.45, 2.75) is 6.42 Å². The zero-order valence-electron chi connectivity index (χ0n) is 8.40. The number of pyridine rings is 2. The molecule has 0 bridgehead atoms. The molecule has 0 aliphatic heterocycles. The molecule has 1 aliphatic rings. The van der Waals surface area contributed by atoms with Crippen LogP contribution < -0.4 is 4.74 Å². The van der Waals surface area contributed by atoms with Crippen LogP contribution in [0.15, 0.2) is 30.7 Å². The predicted molar refractivity (Wildman–Crippen MR) is 56.8 cm³/mol. The number of aromatic nitrogens is 2. The van der Waals surface area contributed by atoms with Crippen molar-refractivity contribution in [3.05, 3.63) is 41.9 Å². The third kappa shape index (κ3) is 1.13. The first-order valence-electron chi connectivity index (χ1n) is 4.85. The van der Waals surface area contributed by atoms with Crippen LogP contribution in [0.25, 0.3) is 11.3 Å². The minimum atomic E-state index is 0.810. The van der Waals surface area contributed by atoms with Gasteiger partial charge in [0.2, 0.25) is 0 Å². The smallest absolute Gasteiger partial charge is 0.146 e. The van der Waals surface area contributed by atoms with Crippen LogP contribution in [0.3, 0.4) is 0 Å². The molecule has 3 rings (SSSR count). The van der Waals surface area contributed by atoms with Gasteiger partial charge in [-0.25, -0.2) is 0 Å². The molecule has 1 aliphatic carbocycles. The van der Waals surface area contributed by atoms with Crippen molar-refractivity contribution in [1.82, 2.24) is 9.97 Å². The minimum Gasteiger partial charge on any atom is -0.494 e. The lowest BCUT2D eigenvalue weighted by Gasteiger charge is -2.05. The van der Waals surface area contributed by atoms with Gasteiger partial charge in [0, 0.05) is 24.4 Å². The van der Waals surface area contributed by atoms with Crippen LogP contribution in [0.4, 0.5) is 0 Å². The zero-order valence-corrected chi connectivity index (χ0v) is 8.40. The van der Waals surface area contributed by atoms with E-state index in [1.807, 2.05) is 18.5 Å². The van der Waals surface area contributed by atoms with E-state index in [0.29, 0.717) is 0 Å². The van der Waals surface area contributed by atoms with Crippen LogP contribution in [0.5, 0.6) is 5.75 Å². The van der Waals surface area contributed by atoms with Gasteiger partial charge in [0.1, 0.15) is 5.75 Å². The molecule has 0 unspecified atom stereocenters. The maximum atomic E-state index is 5.31. The van der Waals surface area contributed by atoms with Gasteiger partial charge in [-0.3, -0.25) is 9.97 Å². The Balaban J connectivity index is 2.30. The minimum absolute atomic E-state index is 0.810. The summed E-state index contributed by atoms with van der Waals surface area (Å²) in [5.41, 5.74) is 4.58. The second-order valence-electron chi connectivity index (χ2n) is 3.56. The van der Waals surface area contributed by atoms with Crippen molar-refractivity contribution in [2.75, 3.05) is 7.11 Å². The molecule has 0 amide bonds. The molecular formula is C12H10N2O. The molecule has 2 aromatic heterocycles. The Kier molecular flexibility index (Phi) is 1.71. The molecule has 0 N–H and O–H groups in total. The molecule has 2 aromatic rings. The number of nitrogens with zero attached hydrogens (tertiary/aromatic N) is 2. The number of ether oxygens (including phenoxy) is 1. The molecule has 2 heterocycles. The standard InChI is InChI=1S/C12H10N2O/c1-15-10-7-13-6-9-5-8-3-2-4-14-12(8)11(9)10/h2-4,6-7H,5H2,1H3. The van der Waals surface area contributed by atoms with E-state index in [2.05, 4.69) is 16.0 Å². The van der Waals surface area contributed by atoms with Crippen molar-refractivity contribution < 1.29 is 4.74 Å². The van der Waals surface area contributed by atoms with Crippen LogP contribution in [-0.4, -0.2) is 17.1 Å². The summed E-state index contributed by atoms with van der Waals surface area (Å²) in [5, 5.41) is 0. The molecule has 0 saturated heterocycles. The zero-order chi connectivity index (χ0) is 10.3. The number of hydrogen-bond acceptors (Lipinski definition) is 3. The monoisotopic (exact) mass is 198 g/mol. The summed E-state index contributed by atoms with van der Waals surface area (Å²) >= 11 is 0. The fraction of sp³-hybridized carbons (Fsp3) is 0.167. The van der Waals surface area contributed by atoms with Gasteiger partial charge in [-0.1, -0.05) is 6.07 Å². The van der Waals surface area contributed by atoms with Crippen molar-refractivity contribution in [3.8, 4) is 17.0 Å². The summed E-state index contributed by atoms with van der Waals surface area (Å²) in [5.74, 6) is 0.810. The fourth-order valence-corrected chi connectivity index (χ4v) is 2.05. The molecule has 3 heteroatoms. The predicted octanol–water partition coefficient (Wildman–Crippen LogP) is 2.06. The van der Waals surface area contributed by atoms with Crippen LogP contribution in [0.1, 0.15) is 11.1 Å². The van der Waals surface area contributed by atoms with Crippen molar-refractivity contribution >= 4 is 0 Å². The number of methoxy groups -OCH3 is 1. The van der Waals surface area contributed by atoms with E-state index in [1.165, 1.54) is 11.1 Å². The lowest BCUT2D eigenvalue weighted by atomic mass is 10.1. The van der Waals surface area contributed by atoms with Crippen LogP contribution in [-0.2, 0) is 6.42 Å². The average molecular weight is 198 g/mol. The first-order chi connectivity index (χ1) is 7.40. The normalized spacial score (nSPS) is 12.1. The third-order valence-electron chi connectivity index (χ3n) is 2.72. The van der Waals surface area contributed by atoms with Gasteiger partial charge in [-0.2, -0.15) is 0 Å². The van der Waals surface area contributed by atoms with E-state index in [-0.39, 0.29) is 0 Å². The Morgan fingerprint density at radius 1 is 1.27 bits per heavy atom. The van der Waals surface area contributed by atoms with E-state index in [1.54, 1.807) is 13.3 Å². The lowest BCUT2D eigenvalue weighted by Crippen LogP contribution is -1.90. The molecule has 3 nitrogen and oxygen atoms in total. The van der Waals surface area contributed by atoms with Gasteiger partial charge in [0.15, 0.2) is 0 Å². The molecular weight excluding hydrogens is 188 g/mol. The molecule has 74 valence electrons. The quantitative estimate of drug-likeness (QED) is 0.600. The van der Waals surface area contributed by atoms with Crippen LogP contribution >= 0.6 is 0 Å². The highest BCUT2D eigenvalue weighted by atomic mass is 16.5. The Morgan fingerprint density at radius 3 is 3.07 bits per heavy atom. The Labute approximate surface area is 87.8 Å². The molecule has 0 spiro atoms. The largest absolute Gasteiger partial charge is 0.494 e. The van der Waals surface area contributed by atoms with Gasteiger partial charge in [0.05, 0.1) is 19.0 Å². The maximum Gasteiger partial charge on any atom is 0.146 e.